The highest BCUT2D eigenvalue weighted by Gasteiger charge is 2.14. The summed E-state index contributed by atoms with van der Waals surface area (Å²) in [6.45, 7) is 1.57. The van der Waals surface area contributed by atoms with Crippen LogP contribution >= 0.6 is 24.0 Å². The van der Waals surface area contributed by atoms with Gasteiger partial charge in [0.1, 0.15) is 24.6 Å². The van der Waals surface area contributed by atoms with Gasteiger partial charge in [-0.1, -0.05) is 18.5 Å². The van der Waals surface area contributed by atoms with Crippen molar-refractivity contribution < 1.29 is 22.3 Å². The van der Waals surface area contributed by atoms with Gasteiger partial charge in [-0.25, -0.2) is 22.8 Å². The Morgan fingerprint density at radius 1 is 1.17 bits per heavy atom. The molecule has 1 aromatic heterocycles. The molecule has 0 spiro atoms. The third kappa shape index (κ3) is 5.62. The molecule has 11 heteroatoms. The van der Waals surface area contributed by atoms with E-state index in [2.05, 4.69) is 15.3 Å². The van der Waals surface area contributed by atoms with Crippen LogP contribution in [-0.2, 0) is 9.84 Å². The highest BCUT2D eigenvalue weighted by molar-refractivity contribution is 7.91. The van der Waals surface area contributed by atoms with Crippen LogP contribution in [-0.4, -0.2) is 43.6 Å². The molecule has 1 N–H and O–H groups in total. The maximum absolute atomic E-state index is 14.1. The summed E-state index contributed by atoms with van der Waals surface area (Å²) in [4.78, 5) is 8.39. The highest BCUT2D eigenvalue weighted by Crippen LogP contribution is 2.35. The molecule has 162 valence electrons. The highest BCUT2D eigenvalue weighted by atomic mass is 35.5. The fourth-order valence-corrected chi connectivity index (χ4v) is 3.36. The molecule has 1 heterocycles. The average Bonchev–Trinajstić information content (AvgIpc) is 2.69. The van der Waals surface area contributed by atoms with Crippen LogP contribution in [0.25, 0.3) is 10.9 Å². The zero-order chi connectivity index (χ0) is 21.0. The Balaban J connectivity index is 0.00000320. The van der Waals surface area contributed by atoms with Gasteiger partial charge in [-0.2, -0.15) is 0 Å². The van der Waals surface area contributed by atoms with Crippen LogP contribution in [0.3, 0.4) is 0 Å². The summed E-state index contributed by atoms with van der Waals surface area (Å²) in [6, 6.07) is 7.54. The molecular formula is C19H20Cl2FN3O4S. The zero-order valence-corrected chi connectivity index (χ0v) is 18.6. The Morgan fingerprint density at radius 3 is 2.60 bits per heavy atom. The number of benzene rings is 2. The molecule has 0 atom stereocenters. The topological polar surface area (TPSA) is 90.4 Å². The van der Waals surface area contributed by atoms with Crippen LogP contribution in [0.4, 0.5) is 15.9 Å². The second kappa shape index (κ2) is 10.1. The molecule has 2 aromatic carbocycles. The van der Waals surface area contributed by atoms with Gasteiger partial charge in [0, 0.05) is 22.2 Å². The molecular weight excluding hydrogens is 456 g/mol. The third-order valence-corrected chi connectivity index (χ3v) is 6.10. The number of fused-ring (bicyclic) bond motifs is 1. The summed E-state index contributed by atoms with van der Waals surface area (Å²) in [5.41, 5.74) is 0.726. The number of hydrogen-bond donors (Lipinski definition) is 1. The van der Waals surface area contributed by atoms with Gasteiger partial charge in [0.15, 0.2) is 21.3 Å². The minimum Gasteiger partial charge on any atom is -0.493 e. The molecule has 0 bridgehead atoms. The fraction of sp³-hybridized carbons (Fsp3) is 0.263. The molecule has 0 aliphatic rings. The lowest BCUT2D eigenvalue weighted by molar-refractivity contribution is 0.312. The number of aromatic nitrogens is 2. The van der Waals surface area contributed by atoms with E-state index in [1.807, 2.05) is 0 Å². The summed E-state index contributed by atoms with van der Waals surface area (Å²) in [6.07, 6.45) is 1.33. The average molecular weight is 476 g/mol. The molecule has 0 saturated carbocycles. The van der Waals surface area contributed by atoms with E-state index < -0.39 is 15.7 Å². The Bertz CT molecular complexity index is 1150. The van der Waals surface area contributed by atoms with Crippen molar-refractivity contribution in [2.45, 2.75) is 6.92 Å². The van der Waals surface area contributed by atoms with Gasteiger partial charge in [0.25, 0.3) is 0 Å². The normalized spacial score (nSPS) is 11.1. The fourth-order valence-electron chi connectivity index (χ4n) is 2.58. The van der Waals surface area contributed by atoms with Crippen molar-refractivity contribution in [3.8, 4) is 11.5 Å². The first-order valence-corrected chi connectivity index (χ1v) is 10.9. The minimum absolute atomic E-state index is 0. The maximum Gasteiger partial charge on any atom is 0.163 e. The molecule has 7 nitrogen and oxygen atoms in total. The Morgan fingerprint density at radius 2 is 1.93 bits per heavy atom. The van der Waals surface area contributed by atoms with Crippen molar-refractivity contribution in [3.63, 3.8) is 0 Å². The van der Waals surface area contributed by atoms with Crippen molar-refractivity contribution in [1.82, 2.24) is 9.97 Å². The second-order valence-electron chi connectivity index (χ2n) is 6.08. The number of hydrogen-bond acceptors (Lipinski definition) is 7. The van der Waals surface area contributed by atoms with Gasteiger partial charge >= 0.3 is 0 Å². The molecule has 0 radical (unpaired) electrons. The van der Waals surface area contributed by atoms with Gasteiger partial charge in [-0.3, -0.25) is 0 Å². The first-order valence-electron chi connectivity index (χ1n) is 8.71. The Hall–Kier alpha value is -2.36. The number of ether oxygens (including phenoxy) is 2. The Kier molecular flexibility index (Phi) is 8.05. The molecule has 3 rings (SSSR count). The van der Waals surface area contributed by atoms with E-state index in [4.69, 9.17) is 21.1 Å². The van der Waals surface area contributed by atoms with E-state index in [-0.39, 0.29) is 41.2 Å². The standard InChI is InChI=1S/C19H19ClFN3O4S.ClH/c1-3-29(25,26)7-6-28-18-10-16-13(9-17(18)27-2)19(23-11-22-16)24-15-5-4-12(20)8-14(15)21;/h4-5,8-11H,3,6-7H2,1-2H3,(H,22,23,24);1H. The number of nitrogens with zero attached hydrogens (tertiary/aromatic N) is 2. The van der Waals surface area contributed by atoms with Crippen molar-refractivity contribution >= 4 is 56.3 Å². The van der Waals surface area contributed by atoms with Crippen molar-refractivity contribution in [1.29, 1.82) is 0 Å². The van der Waals surface area contributed by atoms with Gasteiger partial charge in [-0.15, -0.1) is 12.4 Å². The van der Waals surface area contributed by atoms with E-state index in [1.165, 1.54) is 25.6 Å². The molecule has 0 fully saturated rings. The first-order chi connectivity index (χ1) is 13.8. The summed E-state index contributed by atoms with van der Waals surface area (Å²) in [5, 5.41) is 3.79. The summed E-state index contributed by atoms with van der Waals surface area (Å²) in [5.74, 6) is 0.531. The number of sulfone groups is 1. The molecule has 30 heavy (non-hydrogen) atoms. The molecule has 0 aliphatic heterocycles. The van der Waals surface area contributed by atoms with E-state index >= 15 is 0 Å². The van der Waals surface area contributed by atoms with E-state index in [0.29, 0.717) is 28.2 Å². The van der Waals surface area contributed by atoms with Crippen molar-refractivity contribution in [3.05, 3.63) is 47.5 Å². The summed E-state index contributed by atoms with van der Waals surface area (Å²) >= 11 is 5.79. The largest absolute Gasteiger partial charge is 0.493 e. The van der Waals surface area contributed by atoms with E-state index in [9.17, 15) is 12.8 Å². The SMILES string of the molecule is CCS(=O)(=O)CCOc1cc2ncnc(Nc3ccc(Cl)cc3F)c2cc1OC.Cl. The summed E-state index contributed by atoms with van der Waals surface area (Å²) < 4.78 is 48.4. The minimum atomic E-state index is -3.15. The number of halogens is 3. The molecule has 0 aliphatic carbocycles. The Labute approximate surface area is 184 Å². The van der Waals surface area contributed by atoms with Crippen LogP contribution in [0.5, 0.6) is 11.5 Å². The number of nitrogens with one attached hydrogen (secondary N) is 1. The van der Waals surface area contributed by atoms with Gasteiger partial charge in [0.2, 0.25) is 0 Å². The molecule has 0 amide bonds. The lowest BCUT2D eigenvalue weighted by atomic mass is 10.2. The predicted octanol–water partition coefficient (Wildman–Crippen LogP) is 4.41. The van der Waals surface area contributed by atoms with Crippen molar-refractivity contribution in [2.24, 2.45) is 0 Å². The van der Waals surface area contributed by atoms with Gasteiger partial charge in [-0.05, 0) is 24.3 Å². The second-order valence-corrected chi connectivity index (χ2v) is 8.99. The quantitative estimate of drug-likeness (QED) is 0.515. The van der Waals surface area contributed by atoms with Crippen LogP contribution in [0.2, 0.25) is 5.02 Å². The number of methoxy groups -OCH3 is 1. The monoisotopic (exact) mass is 475 g/mol. The van der Waals surface area contributed by atoms with E-state index in [1.54, 1.807) is 25.1 Å². The summed E-state index contributed by atoms with van der Waals surface area (Å²) in [7, 11) is -1.68. The van der Waals surface area contributed by atoms with Crippen LogP contribution < -0.4 is 14.8 Å². The van der Waals surface area contributed by atoms with E-state index in [0.717, 1.165) is 0 Å². The first kappa shape index (κ1) is 23.9. The number of anilines is 2. The molecule has 0 saturated heterocycles. The van der Waals surface area contributed by atoms with Gasteiger partial charge in [0.05, 0.1) is 24.1 Å². The van der Waals surface area contributed by atoms with Crippen LogP contribution in [0, 0.1) is 5.82 Å². The third-order valence-electron chi connectivity index (χ3n) is 4.20. The lowest BCUT2D eigenvalue weighted by Gasteiger charge is -2.14. The maximum atomic E-state index is 14.1. The molecule has 3 aromatic rings. The van der Waals surface area contributed by atoms with Gasteiger partial charge < -0.3 is 14.8 Å². The smallest absolute Gasteiger partial charge is 0.163 e. The predicted molar refractivity (Wildman–Crippen MR) is 118 cm³/mol. The molecule has 0 unspecified atom stereocenters. The zero-order valence-electron chi connectivity index (χ0n) is 16.2. The lowest BCUT2D eigenvalue weighted by Crippen LogP contribution is -2.15. The van der Waals surface area contributed by atoms with Crippen LogP contribution in [0.15, 0.2) is 36.7 Å². The number of rotatable bonds is 8. The van der Waals surface area contributed by atoms with Crippen LogP contribution in [0.1, 0.15) is 6.92 Å². The van der Waals surface area contributed by atoms with Crippen molar-refractivity contribution in [2.75, 3.05) is 30.5 Å².